The Morgan fingerprint density at radius 3 is 2.57 bits per heavy atom. The zero-order valence-electron chi connectivity index (χ0n) is 13.5. The summed E-state index contributed by atoms with van der Waals surface area (Å²) in [6.45, 7) is 8.63. The topological polar surface area (TPSA) is 60.9 Å². The van der Waals surface area contributed by atoms with Crippen LogP contribution in [-0.2, 0) is 9.59 Å². The van der Waals surface area contributed by atoms with E-state index >= 15 is 0 Å². The van der Waals surface area contributed by atoms with Crippen molar-refractivity contribution in [2.75, 3.05) is 26.2 Å². The van der Waals surface area contributed by atoms with Crippen LogP contribution in [0.4, 0.5) is 0 Å². The van der Waals surface area contributed by atoms with Gasteiger partial charge in [0.05, 0.1) is 5.60 Å². The number of aliphatic hydroxyl groups is 1. The molecule has 0 aromatic heterocycles. The Hall–Kier alpha value is -1.10. The molecule has 5 nitrogen and oxygen atoms in total. The van der Waals surface area contributed by atoms with E-state index < -0.39 is 5.60 Å². The lowest BCUT2D eigenvalue weighted by Crippen LogP contribution is -2.57. The predicted octanol–water partition coefficient (Wildman–Crippen LogP) is 1.40. The molecular weight excluding hydrogens is 268 g/mol. The summed E-state index contributed by atoms with van der Waals surface area (Å²) in [4.78, 5) is 27.5. The molecule has 0 radical (unpaired) electrons. The third kappa shape index (κ3) is 3.57. The molecule has 2 fully saturated rings. The van der Waals surface area contributed by atoms with Crippen molar-refractivity contribution in [3.05, 3.63) is 0 Å². The summed E-state index contributed by atoms with van der Waals surface area (Å²) in [6.07, 6.45) is 3.45. The average Bonchev–Trinajstić information content (AvgIpc) is 2.78. The third-order valence-electron chi connectivity index (χ3n) is 5.26. The van der Waals surface area contributed by atoms with E-state index in [9.17, 15) is 14.7 Å². The maximum atomic E-state index is 12.3. The molecule has 120 valence electrons. The smallest absolute Gasteiger partial charge is 0.222 e. The summed E-state index contributed by atoms with van der Waals surface area (Å²) in [5, 5.41) is 10.4. The lowest BCUT2D eigenvalue weighted by Gasteiger charge is -2.48. The van der Waals surface area contributed by atoms with Gasteiger partial charge in [0.2, 0.25) is 11.8 Å². The summed E-state index contributed by atoms with van der Waals surface area (Å²) in [5.74, 6) is 0.364. The van der Waals surface area contributed by atoms with Crippen molar-refractivity contribution < 1.29 is 14.7 Å². The first kappa shape index (κ1) is 16.3. The number of carbonyl (C=O) groups excluding carboxylic acids is 2. The first-order chi connectivity index (χ1) is 9.73. The molecule has 0 aromatic carbocycles. The number of amides is 2. The van der Waals surface area contributed by atoms with Gasteiger partial charge in [0.1, 0.15) is 0 Å². The molecule has 1 unspecified atom stereocenters. The van der Waals surface area contributed by atoms with Gasteiger partial charge in [0.15, 0.2) is 0 Å². The predicted molar refractivity (Wildman–Crippen MR) is 80.6 cm³/mol. The van der Waals surface area contributed by atoms with Crippen LogP contribution in [0, 0.1) is 5.41 Å². The normalized spacial score (nSPS) is 29.0. The molecule has 0 aliphatic carbocycles. The quantitative estimate of drug-likeness (QED) is 0.853. The van der Waals surface area contributed by atoms with Gasteiger partial charge in [0.25, 0.3) is 0 Å². The summed E-state index contributed by atoms with van der Waals surface area (Å²) >= 11 is 0. The number of hydrogen-bond acceptors (Lipinski definition) is 3. The number of hydrogen-bond donors (Lipinski definition) is 1. The molecule has 0 aromatic rings. The molecule has 2 amide bonds. The van der Waals surface area contributed by atoms with Crippen LogP contribution < -0.4 is 0 Å². The van der Waals surface area contributed by atoms with Gasteiger partial charge in [-0.25, -0.2) is 0 Å². The van der Waals surface area contributed by atoms with Crippen LogP contribution in [0.2, 0.25) is 0 Å². The molecule has 2 saturated heterocycles. The van der Waals surface area contributed by atoms with Crippen molar-refractivity contribution in [1.82, 2.24) is 9.80 Å². The van der Waals surface area contributed by atoms with Gasteiger partial charge in [0, 0.05) is 44.4 Å². The van der Waals surface area contributed by atoms with Crippen molar-refractivity contribution >= 4 is 11.8 Å². The zero-order chi connectivity index (χ0) is 15.7. The van der Waals surface area contributed by atoms with Crippen LogP contribution in [0.25, 0.3) is 0 Å². The highest BCUT2D eigenvalue weighted by molar-refractivity contribution is 5.78. The first-order valence-electron chi connectivity index (χ1n) is 8.01. The van der Waals surface area contributed by atoms with E-state index in [1.54, 1.807) is 0 Å². The fourth-order valence-corrected chi connectivity index (χ4v) is 3.15. The van der Waals surface area contributed by atoms with Gasteiger partial charge in [-0.1, -0.05) is 13.8 Å². The maximum absolute atomic E-state index is 12.3. The Balaban J connectivity index is 1.78. The van der Waals surface area contributed by atoms with Crippen LogP contribution in [0.15, 0.2) is 0 Å². The van der Waals surface area contributed by atoms with Crippen molar-refractivity contribution in [2.45, 2.75) is 58.5 Å². The molecular formula is C16H28N2O3. The Kier molecular flexibility index (Phi) is 4.61. The lowest BCUT2D eigenvalue weighted by atomic mass is 9.71. The third-order valence-corrected chi connectivity index (χ3v) is 5.26. The van der Waals surface area contributed by atoms with E-state index in [4.69, 9.17) is 0 Å². The minimum atomic E-state index is -0.717. The largest absolute Gasteiger partial charge is 0.389 e. The number of piperidine rings is 1. The van der Waals surface area contributed by atoms with E-state index in [-0.39, 0.29) is 17.2 Å². The number of likely N-dealkylation sites (tertiary alicyclic amines) is 2. The monoisotopic (exact) mass is 296 g/mol. The number of rotatable bonds is 4. The molecule has 2 rings (SSSR count). The lowest BCUT2D eigenvalue weighted by molar-refractivity contribution is -0.147. The highest BCUT2D eigenvalue weighted by Crippen LogP contribution is 2.38. The SMILES string of the molecule is CC1(C)CN(C(=O)CCCN2CCCC2=O)CCC1(C)O. The molecule has 2 aliphatic rings. The van der Waals surface area contributed by atoms with Gasteiger partial charge in [-0.15, -0.1) is 0 Å². The molecule has 2 heterocycles. The van der Waals surface area contributed by atoms with Crippen LogP contribution in [-0.4, -0.2) is 58.5 Å². The van der Waals surface area contributed by atoms with E-state index in [2.05, 4.69) is 0 Å². The summed E-state index contributed by atoms with van der Waals surface area (Å²) < 4.78 is 0. The van der Waals surface area contributed by atoms with Crippen LogP contribution in [0.3, 0.4) is 0 Å². The standard InChI is InChI=1S/C16H28N2O3/c1-15(2)12-18(11-8-16(15,3)21)14(20)7-5-10-17-9-4-6-13(17)19/h21H,4-12H2,1-3H3. The Morgan fingerprint density at radius 2 is 2.00 bits per heavy atom. The van der Waals surface area contributed by atoms with E-state index in [0.717, 1.165) is 19.4 Å². The maximum Gasteiger partial charge on any atom is 0.222 e. The fraction of sp³-hybridized carbons (Fsp3) is 0.875. The Labute approximate surface area is 127 Å². The Bertz CT molecular complexity index is 418. The average molecular weight is 296 g/mol. The second kappa shape index (κ2) is 5.95. The summed E-state index contributed by atoms with van der Waals surface area (Å²) in [6, 6.07) is 0. The van der Waals surface area contributed by atoms with Gasteiger partial charge in [-0.2, -0.15) is 0 Å². The highest BCUT2D eigenvalue weighted by Gasteiger charge is 2.44. The summed E-state index contributed by atoms with van der Waals surface area (Å²) in [5.41, 5.74) is -1.00. The first-order valence-corrected chi connectivity index (χ1v) is 8.01. The van der Waals surface area contributed by atoms with Crippen molar-refractivity contribution in [2.24, 2.45) is 5.41 Å². The van der Waals surface area contributed by atoms with E-state index in [0.29, 0.717) is 38.9 Å². The molecule has 0 spiro atoms. The zero-order valence-corrected chi connectivity index (χ0v) is 13.5. The van der Waals surface area contributed by atoms with Crippen LogP contribution >= 0.6 is 0 Å². The van der Waals surface area contributed by atoms with Crippen LogP contribution in [0.1, 0.15) is 52.9 Å². The van der Waals surface area contributed by atoms with Gasteiger partial charge >= 0.3 is 0 Å². The molecule has 21 heavy (non-hydrogen) atoms. The minimum absolute atomic E-state index is 0.144. The molecule has 2 aliphatic heterocycles. The van der Waals surface area contributed by atoms with E-state index in [1.165, 1.54) is 0 Å². The van der Waals surface area contributed by atoms with Crippen molar-refractivity contribution in [3.63, 3.8) is 0 Å². The number of carbonyl (C=O) groups is 2. The van der Waals surface area contributed by atoms with Gasteiger partial charge in [-0.05, 0) is 26.2 Å². The molecule has 5 heteroatoms. The van der Waals surface area contributed by atoms with E-state index in [1.807, 2.05) is 30.6 Å². The van der Waals surface area contributed by atoms with Gasteiger partial charge in [-0.3, -0.25) is 9.59 Å². The van der Waals surface area contributed by atoms with Crippen molar-refractivity contribution in [3.8, 4) is 0 Å². The summed E-state index contributed by atoms with van der Waals surface area (Å²) in [7, 11) is 0. The molecule has 0 saturated carbocycles. The van der Waals surface area contributed by atoms with Crippen LogP contribution in [0.5, 0.6) is 0 Å². The highest BCUT2D eigenvalue weighted by atomic mass is 16.3. The van der Waals surface area contributed by atoms with Crippen molar-refractivity contribution in [1.29, 1.82) is 0 Å². The second-order valence-corrected chi connectivity index (χ2v) is 7.31. The minimum Gasteiger partial charge on any atom is -0.389 e. The molecule has 0 bridgehead atoms. The Morgan fingerprint density at radius 1 is 1.29 bits per heavy atom. The molecule has 1 N–H and O–H groups in total. The fourth-order valence-electron chi connectivity index (χ4n) is 3.15. The molecule has 1 atom stereocenters. The second-order valence-electron chi connectivity index (χ2n) is 7.31. The number of nitrogens with zero attached hydrogens (tertiary/aromatic N) is 2. The van der Waals surface area contributed by atoms with Gasteiger partial charge < -0.3 is 14.9 Å².